The summed E-state index contributed by atoms with van der Waals surface area (Å²) < 4.78 is 0. The number of carbonyl (C=O) groups excluding carboxylic acids is 2. The molecule has 0 aromatic heterocycles. The summed E-state index contributed by atoms with van der Waals surface area (Å²) in [5.74, 6) is -0.780. The highest BCUT2D eigenvalue weighted by Gasteiger charge is 2.18. The summed E-state index contributed by atoms with van der Waals surface area (Å²) in [7, 11) is 1.74. The number of rotatable bonds is 7. The van der Waals surface area contributed by atoms with Crippen LogP contribution in [0.3, 0.4) is 0 Å². The molecule has 0 aromatic carbocycles. The molecule has 1 atom stereocenters. The van der Waals surface area contributed by atoms with Gasteiger partial charge in [0.2, 0.25) is 11.8 Å². The van der Waals surface area contributed by atoms with Gasteiger partial charge in [0.15, 0.2) is 0 Å². The largest absolute Gasteiger partial charge is 0.395 e. The van der Waals surface area contributed by atoms with Crippen LogP contribution in [0.4, 0.5) is 0 Å². The third kappa shape index (κ3) is 6.03. The Morgan fingerprint density at radius 3 is 2.53 bits per heavy atom. The van der Waals surface area contributed by atoms with E-state index in [2.05, 4.69) is 5.32 Å². The van der Waals surface area contributed by atoms with Crippen molar-refractivity contribution in [3.8, 4) is 0 Å². The van der Waals surface area contributed by atoms with Crippen molar-refractivity contribution < 1.29 is 14.7 Å². The maximum absolute atomic E-state index is 11.1. The lowest BCUT2D eigenvalue weighted by atomic mass is 10.2. The van der Waals surface area contributed by atoms with E-state index < -0.39 is 11.9 Å². The second kappa shape index (κ2) is 7.19. The fraction of sp³-hybridized carbons (Fsp3) is 0.778. The minimum absolute atomic E-state index is 0.00368. The third-order valence-corrected chi connectivity index (χ3v) is 1.98. The fourth-order valence-electron chi connectivity index (χ4n) is 1.08. The molecule has 88 valence electrons. The summed E-state index contributed by atoms with van der Waals surface area (Å²) in [5.41, 5.74) is 5.14. The van der Waals surface area contributed by atoms with Gasteiger partial charge in [0, 0.05) is 19.5 Å². The first-order valence-corrected chi connectivity index (χ1v) is 4.89. The van der Waals surface area contributed by atoms with E-state index in [0.29, 0.717) is 19.5 Å². The number of hydrogen-bond donors (Lipinski definition) is 3. The molecule has 0 saturated heterocycles. The number of likely N-dealkylation sites (N-methyl/N-ethyl adjacent to an activating group) is 1. The predicted octanol–water partition coefficient (Wildman–Crippen LogP) is -1.71. The van der Waals surface area contributed by atoms with Crippen LogP contribution in [-0.4, -0.2) is 54.6 Å². The van der Waals surface area contributed by atoms with Crippen molar-refractivity contribution in [3.05, 3.63) is 0 Å². The fourth-order valence-corrected chi connectivity index (χ4v) is 1.08. The van der Waals surface area contributed by atoms with Gasteiger partial charge in [-0.05, 0) is 7.05 Å². The molecule has 0 aromatic rings. The molecule has 0 aliphatic heterocycles. The summed E-state index contributed by atoms with van der Waals surface area (Å²) in [6, 6.07) is -0.700. The maximum atomic E-state index is 11.1. The molecule has 6 heteroatoms. The van der Waals surface area contributed by atoms with Gasteiger partial charge in [-0.2, -0.15) is 0 Å². The van der Waals surface area contributed by atoms with Crippen LogP contribution in [0.1, 0.15) is 13.3 Å². The second-order valence-corrected chi connectivity index (χ2v) is 3.36. The number of carbonyl (C=O) groups is 2. The Morgan fingerprint density at radius 2 is 2.13 bits per heavy atom. The molecule has 4 N–H and O–H groups in total. The Balaban J connectivity index is 4.15. The molecule has 0 bridgehead atoms. The number of nitrogens with two attached hydrogens (primary N) is 1. The Hall–Kier alpha value is -1.14. The van der Waals surface area contributed by atoms with Crippen molar-refractivity contribution in [3.63, 3.8) is 0 Å². The quantitative estimate of drug-likeness (QED) is 0.473. The Bertz CT molecular complexity index is 221. The third-order valence-electron chi connectivity index (χ3n) is 1.98. The average Bonchev–Trinajstić information content (AvgIpc) is 2.16. The SMILES string of the molecule is CCC(=O)NC(CN(C)CCO)C(N)=O. The van der Waals surface area contributed by atoms with Crippen molar-refractivity contribution in [1.29, 1.82) is 0 Å². The summed E-state index contributed by atoms with van der Waals surface area (Å²) in [4.78, 5) is 23.8. The first kappa shape index (κ1) is 13.9. The number of amides is 2. The number of aliphatic hydroxyl groups is 1. The van der Waals surface area contributed by atoms with Crippen molar-refractivity contribution in [2.24, 2.45) is 5.73 Å². The Morgan fingerprint density at radius 1 is 1.53 bits per heavy atom. The van der Waals surface area contributed by atoms with Gasteiger partial charge in [0.25, 0.3) is 0 Å². The molecule has 0 aliphatic rings. The minimum Gasteiger partial charge on any atom is -0.395 e. The van der Waals surface area contributed by atoms with Crippen LogP contribution in [0.25, 0.3) is 0 Å². The zero-order valence-corrected chi connectivity index (χ0v) is 9.19. The van der Waals surface area contributed by atoms with Gasteiger partial charge < -0.3 is 21.1 Å². The zero-order chi connectivity index (χ0) is 11.8. The van der Waals surface area contributed by atoms with E-state index in [-0.39, 0.29) is 12.5 Å². The van der Waals surface area contributed by atoms with Crippen LogP contribution < -0.4 is 11.1 Å². The molecule has 0 saturated carbocycles. The lowest BCUT2D eigenvalue weighted by Crippen LogP contribution is -2.50. The minimum atomic E-state index is -0.700. The summed E-state index contributed by atoms with van der Waals surface area (Å²) in [6.45, 7) is 2.45. The van der Waals surface area contributed by atoms with E-state index in [4.69, 9.17) is 10.8 Å². The average molecular weight is 217 g/mol. The van der Waals surface area contributed by atoms with Crippen molar-refractivity contribution in [2.45, 2.75) is 19.4 Å². The molecule has 15 heavy (non-hydrogen) atoms. The number of primary amides is 1. The van der Waals surface area contributed by atoms with Crippen LogP contribution >= 0.6 is 0 Å². The normalized spacial score (nSPS) is 12.5. The van der Waals surface area contributed by atoms with Crippen LogP contribution in [0, 0.1) is 0 Å². The van der Waals surface area contributed by atoms with E-state index in [0.717, 1.165) is 0 Å². The summed E-state index contributed by atoms with van der Waals surface area (Å²) in [6.07, 6.45) is 0.313. The highest BCUT2D eigenvalue weighted by Crippen LogP contribution is 1.90. The van der Waals surface area contributed by atoms with Crippen molar-refractivity contribution >= 4 is 11.8 Å². The molecule has 0 radical (unpaired) electrons. The maximum Gasteiger partial charge on any atom is 0.241 e. The standard InChI is InChI=1S/C9H19N3O3/c1-3-8(14)11-7(9(10)15)6-12(2)4-5-13/h7,13H,3-6H2,1-2H3,(H2,10,15)(H,11,14). The van der Waals surface area contributed by atoms with E-state index >= 15 is 0 Å². The van der Waals surface area contributed by atoms with E-state index in [1.807, 2.05) is 0 Å². The molecule has 1 unspecified atom stereocenters. The molecule has 0 rings (SSSR count). The van der Waals surface area contributed by atoms with Gasteiger partial charge in [-0.15, -0.1) is 0 Å². The van der Waals surface area contributed by atoms with Gasteiger partial charge in [0.05, 0.1) is 6.61 Å². The van der Waals surface area contributed by atoms with Crippen molar-refractivity contribution in [2.75, 3.05) is 26.7 Å². The number of nitrogens with zero attached hydrogens (tertiary/aromatic N) is 1. The lowest BCUT2D eigenvalue weighted by molar-refractivity contribution is -0.127. The van der Waals surface area contributed by atoms with E-state index in [1.165, 1.54) is 0 Å². The smallest absolute Gasteiger partial charge is 0.241 e. The molecule has 0 aliphatic carbocycles. The lowest BCUT2D eigenvalue weighted by Gasteiger charge is -2.21. The number of hydrogen-bond acceptors (Lipinski definition) is 4. The Kier molecular flexibility index (Phi) is 6.64. The van der Waals surface area contributed by atoms with Gasteiger partial charge in [-0.25, -0.2) is 0 Å². The second-order valence-electron chi connectivity index (χ2n) is 3.36. The molecular formula is C9H19N3O3. The van der Waals surface area contributed by atoms with Crippen molar-refractivity contribution in [1.82, 2.24) is 10.2 Å². The highest BCUT2D eigenvalue weighted by atomic mass is 16.3. The predicted molar refractivity (Wildman–Crippen MR) is 56.0 cm³/mol. The van der Waals surface area contributed by atoms with E-state index in [9.17, 15) is 9.59 Å². The topological polar surface area (TPSA) is 95.7 Å². The van der Waals surface area contributed by atoms with Crippen LogP contribution in [0.15, 0.2) is 0 Å². The number of nitrogens with one attached hydrogen (secondary N) is 1. The first-order chi connectivity index (χ1) is 7.01. The zero-order valence-electron chi connectivity index (χ0n) is 9.19. The molecule has 0 spiro atoms. The van der Waals surface area contributed by atoms with Crippen LogP contribution in [-0.2, 0) is 9.59 Å². The number of aliphatic hydroxyl groups excluding tert-OH is 1. The molecule has 0 fully saturated rings. The van der Waals surface area contributed by atoms with E-state index in [1.54, 1.807) is 18.9 Å². The summed E-state index contributed by atoms with van der Waals surface area (Å²) >= 11 is 0. The first-order valence-electron chi connectivity index (χ1n) is 4.89. The molecule has 0 heterocycles. The Labute approximate surface area is 89.4 Å². The molecule has 2 amide bonds. The monoisotopic (exact) mass is 217 g/mol. The molecule has 6 nitrogen and oxygen atoms in total. The van der Waals surface area contributed by atoms with Crippen LogP contribution in [0.2, 0.25) is 0 Å². The van der Waals surface area contributed by atoms with Gasteiger partial charge in [0.1, 0.15) is 6.04 Å². The van der Waals surface area contributed by atoms with Gasteiger partial charge in [-0.3, -0.25) is 9.59 Å². The van der Waals surface area contributed by atoms with Gasteiger partial charge in [-0.1, -0.05) is 6.92 Å². The van der Waals surface area contributed by atoms with Crippen LogP contribution in [0.5, 0.6) is 0 Å². The summed E-state index contributed by atoms with van der Waals surface area (Å²) in [5, 5.41) is 11.2. The highest BCUT2D eigenvalue weighted by molar-refractivity contribution is 5.86. The van der Waals surface area contributed by atoms with Gasteiger partial charge >= 0.3 is 0 Å². The molecular weight excluding hydrogens is 198 g/mol.